The molecule has 0 bridgehead atoms. The fourth-order valence-electron chi connectivity index (χ4n) is 1.80. The van der Waals surface area contributed by atoms with Crippen LogP contribution in [0.4, 0.5) is 5.69 Å². The first-order chi connectivity index (χ1) is 9.38. The van der Waals surface area contributed by atoms with Crippen LogP contribution in [-0.2, 0) is 0 Å². The lowest BCUT2D eigenvalue weighted by Gasteiger charge is -2.13. The monoisotopic (exact) mass is 291 g/mol. The third kappa shape index (κ3) is 2.86. The van der Waals surface area contributed by atoms with E-state index in [1.54, 1.807) is 0 Å². The maximum absolute atomic E-state index is 11.3. The first-order valence-corrected chi connectivity index (χ1v) is 6.33. The molecule has 0 amide bonds. The molecular weight excluding hydrogens is 278 g/mol. The zero-order valence-corrected chi connectivity index (χ0v) is 11.9. The highest BCUT2D eigenvalue weighted by molar-refractivity contribution is 6.33. The van der Waals surface area contributed by atoms with Crippen LogP contribution in [0, 0.1) is 13.8 Å². The predicted molar refractivity (Wildman–Crippen MR) is 78.8 cm³/mol. The van der Waals surface area contributed by atoms with Gasteiger partial charge >= 0.3 is 5.97 Å². The van der Waals surface area contributed by atoms with E-state index in [9.17, 15) is 9.90 Å². The van der Waals surface area contributed by atoms with Gasteiger partial charge in [0.05, 0.1) is 5.02 Å². The smallest absolute Gasteiger partial charge is 0.339 e. The molecule has 0 saturated heterocycles. The third-order valence-electron chi connectivity index (χ3n) is 2.85. The number of anilines is 1. The molecule has 0 unspecified atom stereocenters. The molecule has 0 aliphatic heterocycles. The summed E-state index contributed by atoms with van der Waals surface area (Å²) in [6.45, 7) is 3.80. The van der Waals surface area contributed by atoms with Crippen molar-refractivity contribution in [2.24, 2.45) is 0 Å². The molecule has 2 aromatic carbocycles. The first kappa shape index (κ1) is 14.2. The van der Waals surface area contributed by atoms with Gasteiger partial charge in [0, 0.05) is 5.69 Å². The Bertz CT molecular complexity index is 683. The van der Waals surface area contributed by atoms with Crippen LogP contribution >= 0.6 is 11.6 Å². The number of benzene rings is 2. The molecule has 0 radical (unpaired) electrons. The van der Waals surface area contributed by atoms with Crippen molar-refractivity contribution in [3.05, 3.63) is 52.0 Å². The van der Waals surface area contributed by atoms with E-state index in [1.165, 1.54) is 12.1 Å². The molecule has 0 aliphatic carbocycles. The Morgan fingerprint density at radius 2 is 1.95 bits per heavy atom. The molecule has 5 heteroatoms. The number of carbonyl (C=O) groups is 1. The number of hydrogen-bond acceptors (Lipinski definition) is 3. The Labute approximate surface area is 121 Å². The van der Waals surface area contributed by atoms with Crippen molar-refractivity contribution in [3.8, 4) is 11.5 Å². The lowest BCUT2D eigenvalue weighted by molar-refractivity contribution is 0.0694. The summed E-state index contributed by atoms with van der Waals surface area (Å²) >= 11 is 6.05. The van der Waals surface area contributed by atoms with E-state index in [-0.39, 0.29) is 22.0 Å². The van der Waals surface area contributed by atoms with E-state index < -0.39 is 5.97 Å². The zero-order chi connectivity index (χ0) is 14.9. The number of ether oxygens (including phenoxy) is 1. The number of carboxylic acids is 1. The summed E-state index contributed by atoms with van der Waals surface area (Å²) < 4.78 is 5.70. The molecular formula is C15H14ClNO3. The second-order valence-corrected chi connectivity index (χ2v) is 4.96. The minimum absolute atomic E-state index is 0.0593. The van der Waals surface area contributed by atoms with Crippen LogP contribution in [-0.4, -0.2) is 11.1 Å². The van der Waals surface area contributed by atoms with Gasteiger partial charge in [-0.15, -0.1) is 0 Å². The van der Waals surface area contributed by atoms with Gasteiger partial charge in [-0.05, 0) is 43.2 Å². The molecule has 20 heavy (non-hydrogen) atoms. The summed E-state index contributed by atoms with van der Waals surface area (Å²) in [5.74, 6) is -0.472. The second-order valence-electron chi connectivity index (χ2n) is 4.56. The van der Waals surface area contributed by atoms with Gasteiger partial charge in [0.25, 0.3) is 0 Å². The molecule has 0 heterocycles. The average Bonchev–Trinajstić information content (AvgIpc) is 2.36. The Hall–Kier alpha value is -2.20. The fraction of sp³-hybridized carbons (Fsp3) is 0.133. The first-order valence-electron chi connectivity index (χ1n) is 5.96. The van der Waals surface area contributed by atoms with Crippen LogP contribution < -0.4 is 10.5 Å². The summed E-state index contributed by atoms with van der Waals surface area (Å²) in [5, 5.41) is 9.39. The van der Waals surface area contributed by atoms with Gasteiger partial charge in [0.1, 0.15) is 11.3 Å². The Morgan fingerprint density at radius 1 is 1.25 bits per heavy atom. The molecule has 4 nitrogen and oxygen atoms in total. The van der Waals surface area contributed by atoms with E-state index >= 15 is 0 Å². The van der Waals surface area contributed by atoms with E-state index in [4.69, 9.17) is 22.1 Å². The van der Waals surface area contributed by atoms with Crippen molar-refractivity contribution >= 4 is 23.3 Å². The Kier molecular flexibility index (Phi) is 3.86. The Balaban J connectivity index is 2.53. The van der Waals surface area contributed by atoms with Crippen molar-refractivity contribution in [1.82, 2.24) is 0 Å². The molecule has 0 atom stereocenters. The van der Waals surface area contributed by atoms with Gasteiger partial charge in [0.15, 0.2) is 5.75 Å². The van der Waals surface area contributed by atoms with Gasteiger partial charge in [-0.2, -0.15) is 0 Å². The van der Waals surface area contributed by atoms with E-state index in [2.05, 4.69) is 0 Å². The molecule has 0 aromatic heterocycles. The SMILES string of the molecule is Cc1ccc(C)c(Oc2c(Cl)cc(N)cc2C(=O)O)c1. The van der Waals surface area contributed by atoms with Crippen molar-refractivity contribution in [3.63, 3.8) is 0 Å². The number of aromatic carboxylic acids is 1. The summed E-state index contributed by atoms with van der Waals surface area (Å²) in [6.07, 6.45) is 0. The minimum Gasteiger partial charge on any atom is -0.478 e. The highest BCUT2D eigenvalue weighted by Crippen LogP contribution is 2.36. The highest BCUT2D eigenvalue weighted by Gasteiger charge is 2.17. The van der Waals surface area contributed by atoms with Crippen LogP contribution in [0.15, 0.2) is 30.3 Å². The van der Waals surface area contributed by atoms with Crippen LogP contribution in [0.1, 0.15) is 21.5 Å². The largest absolute Gasteiger partial charge is 0.478 e. The standard InChI is InChI=1S/C15H14ClNO3/c1-8-3-4-9(2)13(5-8)20-14-11(15(18)19)6-10(17)7-12(14)16/h3-7H,17H2,1-2H3,(H,18,19). The fourth-order valence-corrected chi connectivity index (χ4v) is 2.07. The predicted octanol–water partition coefficient (Wildman–Crippen LogP) is 4.03. The summed E-state index contributed by atoms with van der Waals surface area (Å²) in [4.78, 5) is 11.3. The average molecular weight is 292 g/mol. The molecule has 3 N–H and O–H groups in total. The van der Waals surface area contributed by atoms with Gasteiger partial charge in [-0.25, -0.2) is 4.79 Å². The molecule has 0 spiro atoms. The van der Waals surface area contributed by atoms with Crippen LogP contribution in [0.2, 0.25) is 5.02 Å². The number of hydrogen-bond donors (Lipinski definition) is 2. The number of carboxylic acid groups (broad SMARTS) is 1. The molecule has 0 saturated carbocycles. The molecule has 104 valence electrons. The minimum atomic E-state index is -1.14. The number of aryl methyl sites for hydroxylation is 2. The normalized spacial score (nSPS) is 10.3. The van der Waals surface area contributed by atoms with Crippen molar-refractivity contribution in [2.45, 2.75) is 13.8 Å². The quantitative estimate of drug-likeness (QED) is 0.837. The van der Waals surface area contributed by atoms with E-state index in [1.807, 2.05) is 32.0 Å². The third-order valence-corrected chi connectivity index (χ3v) is 3.13. The van der Waals surface area contributed by atoms with Crippen molar-refractivity contribution in [2.75, 3.05) is 5.73 Å². The van der Waals surface area contributed by atoms with Crippen molar-refractivity contribution < 1.29 is 14.6 Å². The van der Waals surface area contributed by atoms with E-state index in [0.29, 0.717) is 5.75 Å². The summed E-state index contributed by atoms with van der Waals surface area (Å²) in [5.41, 5.74) is 7.73. The van der Waals surface area contributed by atoms with Crippen LogP contribution in [0.5, 0.6) is 11.5 Å². The van der Waals surface area contributed by atoms with Gasteiger partial charge in [-0.3, -0.25) is 0 Å². The Morgan fingerprint density at radius 3 is 2.60 bits per heavy atom. The number of rotatable bonds is 3. The second kappa shape index (κ2) is 5.43. The molecule has 2 aromatic rings. The number of nitrogen functional groups attached to an aromatic ring is 1. The van der Waals surface area contributed by atoms with Gasteiger partial charge in [-0.1, -0.05) is 23.7 Å². The molecule has 0 aliphatic rings. The molecule has 2 rings (SSSR count). The van der Waals surface area contributed by atoms with Crippen LogP contribution in [0.25, 0.3) is 0 Å². The summed E-state index contributed by atoms with van der Waals surface area (Å²) in [7, 11) is 0. The van der Waals surface area contributed by atoms with Crippen molar-refractivity contribution in [1.29, 1.82) is 0 Å². The number of nitrogens with two attached hydrogens (primary N) is 1. The lowest BCUT2D eigenvalue weighted by Crippen LogP contribution is -2.03. The molecule has 0 fully saturated rings. The van der Waals surface area contributed by atoms with E-state index in [0.717, 1.165) is 11.1 Å². The topological polar surface area (TPSA) is 72.5 Å². The lowest BCUT2D eigenvalue weighted by atomic mass is 10.1. The van der Waals surface area contributed by atoms with Crippen LogP contribution in [0.3, 0.4) is 0 Å². The summed E-state index contributed by atoms with van der Waals surface area (Å²) in [6, 6.07) is 8.47. The zero-order valence-electron chi connectivity index (χ0n) is 11.1. The highest BCUT2D eigenvalue weighted by atomic mass is 35.5. The van der Waals surface area contributed by atoms with Gasteiger partial charge in [0.2, 0.25) is 0 Å². The van der Waals surface area contributed by atoms with Gasteiger partial charge < -0.3 is 15.6 Å². The number of halogens is 1. The maximum atomic E-state index is 11.3. The maximum Gasteiger partial charge on any atom is 0.339 e.